The molecule has 0 bridgehead atoms. The van der Waals surface area contributed by atoms with E-state index in [2.05, 4.69) is 156 Å². The Morgan fingerprint density at radius 1 is 0.422 bits per heavy atom. The van der Waals surface area contributed by atoms with Crippen LogP contribution in [0.3, 0.4) is 0 Å². The highest BCUT2D eigenvalue weighted by atomic mass is 14.9. The Balaban J connectivity index is 1.33. The molecule has 10 rings (SSSR count). The minimum absolute atomic E-state index is 1.10. The van der Waals surface area contributed by atoms with E-state index in [-0.39, 0.29) is 0 Å². The van der Waals surface area contributed by atoms with Crippen LogP contribution >= 0.6 is 0 Å². The molecule has 0 aliphatic heterocycles. The van der Waals surface area contributed by atoms with Gasteiger partial charge in [0.2, 0.25) is 0 Å². The fourth-order valence-corrected chi connectivity index (χ4v) is 7.71. The van der Waals surface area contributed by atoms with Gasteiger partial charge in [0.25, 0.3) is 0 Å². The maximum absolute atomic E-state index is 2.54. The standard InChI is InChI=1S/C44H29N/c1-3-11-28(12-4-1)34-19-35(29-13-5-2-6-14-29)21-36(20-34)37-24-40-38-22-30-15-7-9-17-32(30)26-42(38)45-43-27-33-18-10-8-16-31(33)23-39(43)41(25-37)44(40)45/h1-9,11-17,19-27H,10,18H2. The van der Waals surface area contributed by atoms with Gasteiger partial charge < -0.3 is 4.40 Å². The third-order valence-corrected chi connectivity index (χ3v) is 9.88. The first-order chi connectivity index (χ1) is 22.3. The Bertz CT molecular complexity index is 2560. The van der Waals surface area contributed by atoms with Gasteiger partial charge in [0, 0.05) is 21.5 Å². The van der Waals surface area contributed by atoms with Gasteiger partial charge >= 0.3 is 0 Å². The van der Waals surface area contributed by atoms with Crippen LogP contribution in [0, 0.1) is 0 Å². The molecule has 1 heteroatoms. The van der Waals surface area contributed by atoms with E-state index in [0.717, 1.165) is 12.8 Å². The van der Waals surface area contributed by atoms with Crippen LogP contribution in [0.25, 0.3) is 88.3 Å². The molecule has 0 atom stereocenters. The predicted octanol–water partition coefficient (Wildman–Crippen LogP) is 12.0. The number of fused-ring (bicyclic) bond motifs is 8. The summed E-state index contributed by atoms with van der Waals surface area (Å²) in [4.78, 5) is 0. The minimum Gasteiger partial charge on any atom is -0.308 e. The van der Waals surface area contributed by atoms with E-state index in [0.29, 0.717) is 0 Å². The minimum atomic E-state index is 1.10. The summed E-state index contributed by atoms with van der Waals surface area (Å²) in [7, 11) is 0. The molecule has 0 saturated carbocycles. The second kappa shape index (κ2) is 9.42. The Morgan fingerprint density at radius 3 is 1.62 bits per heavy atom. The van der Waals surface area contributed by atoms with Crippen molar-refractivity contribution in [2.75, 3.05) is 0 Å². The lowest BCUT2D eigenvalue weighted by Gasteiger charge is -2.12. The largest absolute Gasteiger partial charge is 0.308 e. The van der Waals surface area contributed by atoms with Crippen molar-refractivity contribution in [1.29, 1.82) is 0 Å². The van der Waals surface area contributed by atoms with E-state index in [1.165, 1.54) is 93.4 Å². The molecule has 0 amide bonds. The number of nitrogens with zero attached hydrogens (tertiary/aromatic N) is 1. The summed E-state index contributed by atoms with van der Waals surface area (Å²) in [6, 6.07) is 51.9. The van der Waals surface area contributed by atoms with Gasteiger partial charge in [-0.2, -0.15) is 0 Å². The molecule has 2 heterocycles. The number of benzene rings is 7. The molecule has 9 aromatic rings. The van der Waals surface area contributed by atoms with Crippen LogP contribution in [0.5, 0.6) is 0 Å². The topological polar surface area (TPSA) is 4.41 Å². The van der Waals surface area contributed by atoms with Crippen molar-refractivity contribution in [3.05, 3.63) is 157 Å². The summed E-state index contributed by atoms with van der Waals surface area (Å²) < 4.78 is 2.54. The third kappa shape index (κ3) is 3.74. The number of aryl methyl sites for hydroxylation is 1. The first-order valence-corrected chi connectivity index (χ1v) is 15.9. The zero-order valence-corrected chi connectivity index (χ0v) is 24.8. The summed E-state index contributed by atoms with van der Waals surface area (Å²) in [5, 5.41) is 7.86. The zero-order valence-electron chi connectivity index (χ0n) is 24.8. The second-order valence-electron chi connectivity index (χ2n) is 12.5. The molecule has 2 aromatic heterocycles. The van der Waals surface area contributed by atoms with Crippen molar-refractivity contribution in [2.45, 2.75) is 12.8 Å². The fraction of sp³-hybridized carbons (Fsp3) is 0.0455. The highest BCUT2D eigenvalue weighted by molar-refractivity contribution is 6.26. The Hall–Kier alpha value is -5.66. The average molecular weight is 572 g/mol. The first kappa shape index (κ1) is 24.7. The second-order valence-corrected chi connectivity index (χ2v) is 12.5. The zero-order chi connectivity index (χ0) is 29.5. The normalized spacial score (nSPS) is 13.1. The van der Waals surface area contributed by atoms with Crippen LogP contribution in [0.1, 0.15) is 17.5 Å². The lowest BCUT2D eigenvalue weighted by Crippen LogP contribution is -1.94. The summed E-state index contributed by atoms with van der Waals surface area (Å²) in [6.45, 7) is 0. The highest BCUT2D eigenvalue weighted by Crippen LogP contribution is 2.44. The van der Waals surface area contributed by atoms with Crippen molar-refractivity contribution in [2.24, 2.45) is 0 Å². The Kier molecular flexibility index (Phi) is 5.18. The van der Waals surface area contributed by atoms with Gasteiger partial charge in [-0.3, -0.25) is 0 Å². The lowest BCUT2D eigenvalue weighted by atomic mass is 9.91. The Morgan fingerprint density at radius 2 is 0.956 bits per heavy atom. The van der Waals surface area contributed by atoms with Crippen LogP contribution < -0.4 is 0 Å². The molecule has 0 N–H and O–H groups in total. The van der Waals surface area contributed by atoms with Crippen molar-refractivity contribution < 1.29 is 0 Å². The van der Waals surface area contributed by atoms with Crippen molar-refractivity contribution in [3.8, 4) is 33.4 Å². The highest BCUT2D eigenvalue weighted by Gasteiger charge is 2.21. The van der Waals surface area contributed by atoms with E-state index < -0.39 is 0 Å². The van der Waals surface area contributed by atoms with Crippen LogP contribution in [0.2, 0.25) is 0 Å². The predicted molar refractivity (Wildman–Crippen MR) is 192 cm³/mol. The van der Waals surface area contributed by atoms with E-state index in [1.54, 1.807) is 0 Å². The number of rotatable bonds is 3. The first-order valence-electron chi connectivity index (χ1n) is 15.9. The quantitative estimate of drug-likeness (QED) is 0.199. The van der Waals surface area contributed by atoms with E-state index >= 15 is 0 Å². The molecule has 1 aliphatic carbocycles. The van der Waals surface area contributed by atoms with Crippen molar-refractivity contribution >= 4 is 54.9 Å². The monoisotopic (exact) mass is 571 g/mol. The van der Waals surface area contributed by atoms with Crippen molar-refractivity contribution in [3.63, 3.8) is 0 Å². The molecule has 1 aliphatic rings. The Labute approximate surface area is 261 Å². The fourth-order valence-electron chi connectivity index (χ4n) is 7.71. The molecule has 0 spiro atoms. The summed E-state index contributed by atoms with van der Waals surface area (Å²) in [5.74, 6) is 0. The van der Waals surface area contributed by atoms with Gasteiger partial charge in [-0.25, -0.2) is 0 Å². The smallest absolute Gasteiger partial charge is 0.0620 e. The maximum Gasteiger partial charge on any atom is 0.0620 e. The van der Waals surface area contributed by atoms with E-state index in [1.807, 2.05) is 0 Å². The molecule has 210 valence electrons. The molecule has 0 unspecified atom stereocenters. The molecular formula is C44H29N. The summed E-state index contributed by atoms with van der Waals surface area (Å²) in [5.41, 5.74) is 14.1. The molecule has 0 saturated heterocycles. The van der Waals surface area contributed by atoms with Gasteiger partial charge in [-0.15, -0.1) is 0 Å². The summed E-state index contributed by atoms with van der Waals surface area (Å²) >= 11 is 0. The number of aromatic nitrogens is 1. The van der Waals surface area contributed by atoms with E-state index in [4.69, 9.17) is 0 Å². The average Bonchev–Trinajstić information content (AvgIpc) is 3.60. The SMILES string of the molecule is C1=Cc2cc3c4cc(-c5cc(-c6ccccc6)cc(-c6ccccc6)c5)cc5c6cc7ccccc7cc6n(c3cc2CC1)c45. The van der Waals surface area contributed by atoms with Crippen LogP contribution in [0.4, 0.5) is 0 Å². The van der Waals surface area contributed by atoms with Crippen LogP contribution in [-0.4, -0.2) is 4.40 Å². The van der Waals surface area contributed by atoms with Gasteiger partial charge in [0.15, 0.2) is 0 Å². The molecule has 1 nitrogen and oxygen atoms in total. The van der Waals surface area contributed by atoms with E-state index in [9.17, 15) is 0 Å². The van der Waals surface area contributed by atoms with Crippen molar-refractivity contribution in [1.82, 2.24) is 4.40 Å². The molecule has 45 heavy (non-hydrogen) atoms. The third-order valence-electron chi connectivity index (χ3n) is 9.88. The lowest BCUT2D eigenvalue weighted by molar-refractivity contribution is 0.988. The van der Waals surface area contributed by atoms with Gasteiger partial charge in [0.1, 0.15) is 0 Å². The number of hydrogen-bond acceptors (Lipinski definition) is 0. The number of allylic oxidation sites excluding steroid dienone is 1. The molecule has 0 radical (unpaired) electrons. The maximum atomic E-state index is 2.54. The van der Waals surface area contributed by atoms with Gasteiger partial charge in [0.05, 0.1) is 16.6 Å². The summed E-state index contributed by atoms with van der Waals surface area (Å²) in [6.07, 6.45) is 6.84. The van der Waals surface area contributed by atoms with Gasteiger partial charge in [-0.1, -0.05) is 97.1 Å². The van der Waals surface area contributed by atoms with Crippen LogP contribution in [-0.2, 0) is 6.42 Å². The van der Waals surface area contributed by atoms with Crippen LogP contribution in [0.15, 0.2) is 146 Å². The molecule has 0 fully saturated rings. The van der Waals surface area contributed by atoms with Gasteiger partial charge in [-0.05, 0) is 123 Å². The molecule has 7 aromatic carbocycles. The molecular weight excluding hydrogens is 542 g/mol. The number of hydrogen-bond donors (Lipinski definition) is 0.